The zero-order valence-corrected chi connectivity index (χ0v) is 11.5. The molecular formula is C10H11N5O4S. The van der Waals surface area contributed by atoms with Crippen LogP contribution >= 0.6 is 0 Å². The van der Waals surface area contributed by atoms with Gasteiger partial charge in [-0.1, -0.05) is 17.2 Å². The number of carbonyl (C=O) groups excluding carboxylic acids is 1. The summed E-state index contributed by atoms with van der Waals surface area (Å²) in [6.45, 7) is 0. The molecule has 0 aliphatic carbocycles. The van der Waals surface area contributed by atoms with E-state index in [1.54, 1.807) is 0 Å². The lowest BCUT2D eigenvalue weighted by Crippen LogP contribution is -2.18. The highest BCUT2D eigenvalue weighted by Gasteiger charge is 2.23. The van der Waals surface area contributed by atoms with Crippen molar-refractivity contribution >= 4 is 21.9 Å². The van der Waals surface area contributed by atoms with Crippen LogP contribution < -0.4 is 4.72 Å². The average Bonchev–Trinajstić information content (AvgIpc) is 2.82. The molecule has 0 saturated heterocycles. The number of methoxy groups -OCH3 is 1. The molecule has 0 radical (unpaired) electrons. The van der Waals surface area contributed by atoms with Crippen LogP contribution in [0.2, 0.25) is 0 Å². The second-order valence-corrected chi connectivity index (χ2v) is 5.35. The van der Waals surface area contributed by atoms with Crippen LogP contribution in [0.3, 0.4) is 0 Å². The van der Waals surface area contributed by atoms with Gasteiger partial charge in [0.2, 0.25) is 0 Å². The fourth-order valence-corrected chi connectivity index (χ4v) is 2.61. The molecule has 20 heavy (non-hydrogen) atoms. The maximum absolute atomic E-state index is 12.2. The molecule has 0 bridgehead atoms. The number of tetrazole rings is 1. The minimum atomic E-state index is -4.01. The number of sulfonamides is 1. The van der Waals surface area contributed by atoms with Crippen molar-refractivity contribution in [2.24, 2.45) is 7.05 Å². The van der Waals surface area contributed by atoms with Crippen LogP contribution in [0.25, 0.3) is 0 Å². The molecule has 2 rings (SSSR count). The molecule has 0 aliphatic rings. The van der Waals surface area contributed by atoms with E-state index >= 15 is 0 Å². The SMILES string of the molecule is COC(=O)c1ccccc1S(=O)(=O)Nc1nnn(C)n1. The Morgan fingerprint density at radius 2 is 2.05 bits per heavy atom. The topological polar surface area (TPSA) is 116 Å². The van der Waals surface area contributed by atoms with E-state index in [0.717, 1.165) is 4.80 Å². The number of benzene rings is 1. The summed E-state index contributed by atoms with van der Waals surface area (Å²) in [6.07, 6.45) is 0. The summed E-state index contributed by atoms with van der Waals surface area (Å²) in [5.41, 5.74) is -0.0774. The number of hydrogen-bond acceptors (Lipinski definition) is 7. The molecule has 1 N–H and O–H groups in total. The summed E-state index contributed by atoms with van der Waals surface area (Å²) in [7, 11) is -1.35. The third-order valence-corrected chi connectivity index (χ3v) is 3.70. The highest BCUT2D eigenvalue weighted by molar-refractivity contribution is 7.92. The van der Waals surface area contributed by atoms with Crippen LogP contribution in [-0.4, -0.2) is 41.7 Å². The summed E-state index contributed by atoms with van der Waals surface area (Å²) in [6, 6.07) is 5.66. The van der Waals surface area contributed by atoms with Crippen LogP contribution in [0, 0.1) is 0 Å². The van der Waals surface area contributed by atoms with Crippen LogP contribution in [0.5, 0.6) is 0 Å². The first-order chi connectivity index (χ1) is 9.44. The molecule has 1 heterocycles. The van der Waals surface area contributed by atoms with E-state index < -0.39 is 16.0 Å². The van der Waals surface area contributed by atoms with E-state index in [9.17, 15) is 13.2 Å². The van der Waals surface area contributed by atoms with Gasteiger partial charge >= 0.3 is 5.97 Å². The van der Waals surface area contributed by atoms with Gasteiger partial charge in [0.1, 0.15) is 4.90 Å². The molecule has 0 saturated carbocycles. The molecule has 10 heteroatoms. The van der Waals surface area contributed by atoms with E-state index in [-0.39, 0.29) is 16.4 Å². The highest BCUT2D eigenvalue weighted by Crippen LogP contribution is 2.18. The number of esters is 1. The van der Waals surface area contributed by atoms with Crippen LogP contribution in [0.15, 0.2) is 29.2 Å². The maximum atomic E-state index is 12.2. The van der Waals surface area contributed by atoms with Crippen molar-refractivity contribution in [3.63, 3.8) is 0 Å². The Kier molecular flexibility index (Phi) is 3.66. The third-order valence-electron chi connectivity index (χ3n) is 2.32. The first kappa shape index (κ1) is 13.9. The van der Waals surface area contributed by atoms with Crippen LogP contribution in [-0.2, 0) is 21.8 Å². The van der Waals surface area contributed by atoms with Gasteiger partial charge in [0.15, 0.2) is 0 Å². The smallest absolute Gasteiger partial charge is 0.339 e. The maximum Gasteiger partial charge on any atom is 0.339 e. The first-order valence-electron chi connectivity index (χ1n) is 5.38. The van der Waals surface area contributed by atoms with E-state index in [1.807, 2.05) is 0 Å². The van der Waals surface area contributed by atoms with Gasteiger partial charge in [0.05, 0.1) is 19.7 Å². The number of aryl methyl sites for hydroxylation is 1. The van der Waals surface area contributed by atoms with E-state index in [2.05, 4.69) is 24.9 Å². The Morgan fingerprint density at radius 3 is 2.65 bits per heavy atom. The van der Waals surface area contributed by atoms with Crippen molar-refractivity contribution < 1.29 is 17.9 Å². The molecule has 0 atom stereocenters. The van der Waals surface area contributed by atoms with Gasteiger partial charge in [-0.05, 0) is 17.3 Å². The first-order valence-corrected chi connectivity index (χ1v) is 6.86. The van der Waals surface area contributed by atoms with Crippen LogP contribution in [0.1, 0.15) is 10.4 Å². The van der Waals surface area contributed by atoms with Crippen molar-refractivity contribution in [3.8, 4) is 0 Å². The second kappa shape index (κ2) is 5.25. The number of anilines is 1. The average molecular weight is 297 g/mol. The predicted octanol–water partition coefficient (Wildman–Crippen LogP) is -0.203. The molecule has 1 aromatic carbocycles. The molecular weight excluding hydrogens is 286 g/mol. The zero-order chi connectivity index (χ0) is 14.8. The Morgan fingerprint density at radius 1 is 1.35 bits per heavy atom. The van der Waals surface area contributed by atoms with Gasteiger partial charge in [0, 0.05) is 0 Å². The Labute approximate surface area is 114 Å². The number of rotatable bonds is 4. The second-order valence-electron chi connectivity index (χ2n) is 3.70. The monoisotopic (exact) mass is 297 g/mol. The number of nitrogens with one attached hydrogen (secondary N) is 1. The lowest BCUT2D eigenvalue weighted by molar-refractivity contribution is 0.0596. The summed E-state index contributed by atoms with van der Waals surface area (Å²) in [4.78, 5) is 12.5. The molecule has 0 aliphatic heterocycles. The van der Waals surface area contributed by atoms with Crippen LogP contribution in [0.4, 0.5) is 5.95 Å². The Balaban J connectivity index is 2.42. The van der Waals surface area contributed by atoms with Crippen molar-refractivity contribution in [2.75, 3.05) is 11.8 Å². The number of ether oxygens (including phenoxy) is 1. The minimum absolute atomic E-state index is 0.0774. The standard InChI is InChI=1S/C10H11N5O4S/c1-15-12-10(11-14-15)13-20(17,18)8-6-4-3-5-7(8)9(16)19-2/h3-6H,1-2H3,(H,12,13). The molecule has 1 aromatic heterocycles. The van der Waals surface area contributed by atoms with E-state index in [4.69, 9.17) is 0 Å². The largest absolute Gasteiger partial charge is 0.465 e. The minimum Gasteiger partial charge on any atom is -0.465 e. The summed E-state index contributed by atoms with van der Waals surface area (Å²) >= 11 is 0. The molecule has 106 valence electrons. The third kappa shape index (κ3) is 2.74. The Bertz CT molecular complexity index is 740. The predicted molar refractivity (Wildman–Crippen MR) is 67.4 cm³/mol. The van der Waals surface area contributed by atoms with Gasteiger partial charge in [-0.15, -0.1) is 5.10 Å². The molecule has 0 fully saturated rings. The lowest BCUT2D eigenvalue weighted by Gasteiger charge is -2.08. The molecule has 0 unspecified atom stereocenters. The number of nitrogens with zero attached hydrogens (tertiary/aromatic N) is 4. The van der Waals surface area contributed by atoms with Gasteiger partial charge in [0.25, 0.3) is 16.0 Å². The van der Waals surface area contributed by atoms with Crippen molar-refractivity contribution in [1.29, 1.82) is 0 Å². The van der Waals surface area contributed by atoms with Gasteiger partial charge in [-0.2, -0.15) is 4.80 Å². The van der Waals surface area contributed by atoms with Crippen molar-refractivity contribution in [3.05, 3.63) is 29.8 Å². The molecule has 2 aromatic rings. The van der Waals surface area contributed by atoms with Gasteiger partial charge in [-0.25, -0.2) is 17.9 Å². The number of aromatic nitrogens is 4. The van der Waals surface area contributed by atoms with Gasteiger partial charge in [-0.3, -0.25) is 0 Å². The summed E-state index contributed by atoms with van der Waals surface area (Å²) < 4.78 is 31.1. The number of carbonyl (C=O) groups is 1. The molecule has 0 amide bonds. The molecule has 0 spiro atoms. The quantitative estimate of drug-likeness (QED) is 0.776. The van der Waals surface area contributed by atoms with E-state index in [0.29, 0.717) is 0 Å². The lowest BCUT2D eigenvalue weighted by atomic mass is 10.2. The zero-order valence-electron chi connectivity index (χ0n) is 10.6. The van der Waals surface area contributed by atoms with Crippen molar-refractivity contribution in [1.82, 2.24) is 20.2 Å². The number of hydrogen-bond donors (Lipinski definition) is 1. The van der Waals surface area contributed by atoms with Gasteiger partial charge < -0.3 is 4.74 Å². The van der Waals surface area contributed by atoms with Crippen molar-refractivity contribution in [2.45, 2.75) is 4.90 Å². The summed E-state index contributed by atoms with van der Waals surface area (Å²) in [5, 5.41) is 10.7. The fourth-order valence-electron chi connectivity index (χ4n) is 1.48. The van der Waals surface area contributed by atoms with E-state index in [1.165, 1.54) is 38.4 Å². The summed E-state index contributed by atoms with van der Waals surface area (Å²) in [5.74, 6) is -0.940. The highest BCUT2D eigenvalue weighted by atomic mass is 32.2. The molecule has 9 nitrogen and oxygen atoms in total. The Hall–Kier alpha value is -2.49. The fraction of sp³-hybridized carbons (Fsp3) is 0.200. The normalized spacial score (nSPS) is 11.1.